The number of ether oxygens (including phenoxy) is 1. The molecule has 34 heavy (non-hydrogen) atoms. The molecule has 1 saturated heterocycles. The monoisotopic (exact) mass is 482 g/mol. The first-order valence-electron chi connectivity index (χ1n) is 11.5. The maximum absolute atomic E-state index is 12.7. The number of halogens is 1. The highest BCUT2D eigenvalue weighted by molar-refractivity contribution is 6.32. The van der Waals surface area contributed by atoms with Crippen molar-refractivity contribution in [1.29, 1.82) is 0 Å². The number of anilines is 1. The van der Waals surface area contributed by atoms with Gasteiger partial charge in [0.05, 0.1) is 11.2 Å². The molecule has 1 aromatic heterocycles. The van der Waals surface area contributed by atoms with Crippen molar-refractivity contribution in [3.8, 4) is 11.3 Å². The topological polar surface area (TPSA) is 100 Å². The Kier molecular flexibility index (Phi) is 6.86. The molecule has 0 saturated carbocycles. The number of nitrogens with zero attached hydrogens (tertiary/aromatic N) is 1. The first-order chi connectivity index (χ1) is 16.1. The van der Waals surface area contributed by atoms with Crippen molar-refractivity contribution in [2.45, 2.75) is 51.3 Å². The number of likely N-dealkylation sites (tertiary alicyclic amines) is 1. The van der Waals surface area contributed by atoms with Crippen molar-refractivity contribution in [2.75, 3.05) is 18.4 Å². The maximum Gasteiger partial charge on any atom is 0.333 e. The first-order valence-corrected chi connectivity index (χ1v) is 11.9. The molecule has 180 valence electrons. The molecule has 1 aliphatic rings. The summed E-state index contributed by atoms with van der Waals surface area (Å²) in [6, 6.07) is 15.0. The average Bonchev–Trinajstić information content (AvgIpc) is 3.22. The molecule has 1 atom stereocenters. The predicted molar refractivity (Wildman–Crippen MR) is 136 cm³/mol. The van der Waals surface area contributed by atoms with E-state index in [0.29, 0.717) is 18.1 Å². The number of benzene rings is 2. The standard InChI is InChI=1S/C26H31ClN4O3/c1-26(2,3)34-25(33)22(28)24(32)31-11-9-19(10-12-31)29-21-15-18(27)13-17-14-20(30-23(17)21)16-7-5-4-6-8-16/h4-8,13-15,19,22,29-30H,9-12,28H2,1-3H3. The number of hydrogen-bond acceptors (Lipinski definition) is 5. The molecule has 8 heteroatoms. The molecule has 0 spiro atoms. The predicted octanol–water partition coefficient (Wildman–Crippen LogP) is 4.56. The zero-order valence-corrected chi connectivity index (χ0v) is 20.5. The molecule has 1 aliphatic heterocycles. The SMILES string of the molecule is CC(C)(C)OC(=O)C(N)C(=O)N1CCC(Nc2cc(Cl)cc3cc(-c4ccccc4)[nH]c23)CC1. The summed E-state index contributed by atoms with van der Waals surface area (Å²) in [4.78, 5) is 30.0. The summed E-state index contributed by atoms with van der Waals surface area (Å²) in [6.45, 7) is 6.27. The fraction of sp³-hybridized carbons (Fsp3) is 0.385. The van der Waals surface area contributed by atoms with E-state index in [1.807, 2.05) is 30.3 Å². The van der Waals surface area contributed by atoms with Crippen molar-refractivity contribution in [3.63, 3.8) is 0 Å². The molecule has 1 fully saturated rings. The molecule has 2 heterocycles. The molecule has 7 nitrogen and oxygen atoms in total. The van der Waals surface area contributed by atoms with E-state index in [0.717, 1.165) is 40.7 Å². The second kappa shape index (κ2) is 9.68. The lowest BCUT2D eigenvalue weighted by atomic mass is 10.0. The Morgan fingerprint density at radius 1 is 1.15 bits per heavy atom. The van der Waals surface area contributed by atoms with Gasteiger partial charge in [-0.1, -0.05) is 41.9 Å². The lowest BCUT2D eigenvalue weighted by Gasteiger charge is -2.34. The minimum Gasteiger partial charge on any atom is -0.458 e. The van der Waals surface area contributed by atoms with Gasteiger partial charge < -0.3 is 25.7 Å². The van der Waals surface area contributed by atoms with Crippen LogP contribution in [-0.2, 0) is 14.3 Å². The largest absolute Gasteiger partial charge is 0.458 e. The van der Waals surface area contributed by atoms with Crippen LogP contribution in [0.2, 0.25) is 5.02 Å². The number of esters is 1. The van der Waals surface area contributed by atoms with Gasteiger partial charge in [0.15, 0.2) is 6.04 Å². The molecule has 0 radical (unpaired) electrons. The summed E-state index contributed by atoms with van der Waals surface area (Å²) in [7, 11) is 0. The van der Waals surface area contributed by atoms with Gasteiger partial charge in [-0.05, 0) is 57.4 Å². The fourth-order valence-corrected chi connectivity index (χ4v) is 4.45. The zero-order chi connectivity index (χ0) is 24.5. The number of carbonyl (C=O) groups excluding carboxylic acids is 2. The van der Waals surface area contributed by atoms with Gasteiger partial charge in [-0.2, -0.15) is 0 Å². The van der Waals surface area contributed by atoms with Crippen molar-refractivity contribution in [3.05, 3.63) is 53.6 Å². The second-order valence-corrected chi connectivity index (χ2v) is 10.2. The van der Waals surface area contributed by atoms with Gasteiger partial charge in [0.2, 0.25) is 0 Å². The highest BCUT2D eigenvalue weighted by Crippen LogP contribution is 2.33. The van der Waals surface area contributed by atoms with E-state index in [1.165, 1.54) is 0 Å². The minimum absolute atomic E-state index is 0.159. The van der Waals surface area contributed by atoms with Gasteiger partial charge >= 0.3 is 5.97 Å². The Hall–Kier alpha value is -3.03. The van der Waals surface area contributed by atoms with Crippen LogP contribution in [0.4, 0.5) is 5.69 Å². The van der Waals surface area contributed by atoms with E-state index in [1.54, 1.807) is 25.7 Å². The number of fused-ring (bicyclic) bond motifs is 1. The number of aromatic nitrogens is 1. The summed E-state index contributed by atoms with van der Waals surface area (Å²) in [5, 5.41) is 5.28. The van der Waals surface area contributed by atoms with E-state index in [-0.39, 0.29) is 6.04 Å². The summed E-state index contributed by atoms with van der Waals surface area (Å²) in [5.74, 6) is -1.09. The Bertz CT molecular complexity index is 1180. The Morgan fingerprint density at radius 2 is 1.82 bits per heavy atom. The lowest BCUT2D eigenvalue weighted by Crippen LogP contribution is -2.53. The van der Waals surface area contributed by atoms with Gasteiger partial charge in [-0.25, -0.2) is 4.79 Å². The molecular formula is C26H31ClN4O3. The number of H-pyrrole nitrogens is 1. The third-order valence-electron chi connectivity index (χ3n) is 5.87. The molecule has 0 bridgehead atoms. The van der Waals surface area contributed by atoms with Crippen LogP contribution < -0.4 is 11.1 Å². The van der Waals surface area contributed by atoms with Crippen LogP contribution in [0.15, 0.2) is 48.5 Å². The van der Waals surface area contributed by atoms with E-state index in [2.05, 4.69) is 28.5 Å². The molecule has 4 N–H and O–H groups in total. The van der Waals surface area contributed by atoms with Crippen molar-refractivity contribution < 1.29 is 14.3 Å². The Balaban J connectivity index is 1.42. The summed E-state index contributed by atoms with van der Waals surface area (Å²) >= 11 is 6.41. The molecular weight excluding hydrogens is 452 g/mol. The fourth-order valence-electron chi connectivity index (χ4n) is 4.22. The maximum atomic E-state index is 12.7. The number of rotatable bonds is 5. The van der Waals surface area contributed by atoms with Crippen molar-refractivity contribution in [1.82, 2.24) is 9.88 Å². The van der Waals surface area contributed by atoms with E-state index in [4.69, 9.17) is 22.1 Å². The van der Waals surface area contributed by atoms with Crippen LogP contribution in [-0.4, -0.2) is 52.5 Å². The van der Waals surface area contributed by atoms with Crippen LogP contribution in [0.25, 0.3) is 22.2 Å². The van der Waals surface area contributed by atoms with E-state index < -0.39 is 23.5 Å². The third kappa shape index (κ3) is 5.54. The Labute approximate surface area is 204 Å². The van der Waals surface area contributed by atoms with Crippen molar-refractivity contribution >= 4 is 40.1 Å². The number of carbonyl (C=O) groups is 2. The first kappa shape index (κ1) is 24.1. The highest BCUT2D eigenvalue weighted by Gasteiger charge is 2.33. The second-order valence-electron chi connectivity index (χ2n) is 9.72. The quantitative estimate of drug-likeness (QED) is 0.365. The molecule has 3 aromatic rings. The number of piperidine rings is 1. The van der Waals surface area contributed by atoms with Crippen LogP contribution in [0.1, 0.15) is 33.6 Å². The number of amides is 1. The molecule has 1 amide bonds. The van der Waals surface area contributed by atoms with Crippen LogP contribution in [0, 0.1) is 0 Å². The highest BCUT2D eigenvalue weighted by atomic mass is 35.5. The van der Waals surface area contributed by atoms with Crippen LogP contribution >= 0.6 is 11.6 Å². The number of aromatic amines is 1. The third-order valence-corrected chi connectivity index (χ3v) is 6.09. The molecule has 4 rings (SSSR count). The lowest BCUT2D eigenvalue weighted by molar-refractivity contribution is -0.160. The number of nitrogens with one attached hydrogen (secondary N) is 2. The van der Waals surface area contributed by atoms with Gasteiger partial charge in [-0.15, -0.1) is 0 Å². The van der Waals surface area contributed by atoms with Gasteiger partial charge in [-0.3, -0.25) is 4.79 Å². The average molecular weight is 483 g/mol. The van der Waals surface area contributed by atoms with Crippen LogP contribution in [0.5, 0.6) is 0 Å². The number of nitrogens with two attached hydrogens (primary N) is 1. The summed E-state index contributed by atoms with van der Waals surface area (Å²) < 4.78 is 5.26. The van der Waals surface area contributed by atoms with Gasteiger partial charge in [0.1, 0.15) is 5.60 Å². The van der Waals surface area contributed by atoms with Crippen molar-refractivity contribution in [2.24, 2.45) is 5.73 Å². The smallest absolute Gasteiger partial charge is 0.333 e. The molecule has 0 aliphatic carbocycles. The van der Waals surface area contributed by atoms with Gasteiger partial charge in [0, 0.05) is 35.2 Å². The van der Waals surface area contributed by atoms with E-state index in [9.17, 15) is 9.59 Å². The summed E-state index contributed by atoms with van der Waals surface area (Å²) in [5.41, 5.74) is 9.25. The van der Waals surface area contributed by atoms with Crippen LogP contribution in [0.3, 0.4) is 0 Å². The van der Waals surface area contributed by atoms with Gasteiger partial charge in [0.25, 0.3) is 5.91 Å². The zero-order valence-electron chi connectivity index (χ0n) is 19.7. The summed E-state index contributed by atoms with van der Waals surface area (Å²) in [6.07, 6.45) is 1.46. The molecule has 2 aromatic carbocycles. The Morgan fingerprint density at radius 3 is 2.47 bits per heavy atom. The normalized spacial score (nSPS) is 15.9. The van der Waals surface area contributed by atoms with E-state index >= 15 is 0 Å². The molecule has 1 unspecified atom stereocenters. The number of hydrogen-bond donors (Lipinski definition) is 3. The minimum atomic E-state index is -1.30.